The fraction of sp³-hybridized carbons (Fsp3) is 0.422. The summed E-state index contributed by atoms with van der Waals surface area (Å²) >= 11 is 3.57. The predicted octanol–water partition coefficient (Wildman–Crippen LogP) is 7.69. The third-order valence-corrected chi connectivity index (χ3v) is 12.9. The number of aldehydes is 2. The lowest BCUT2D eigenvalue weighted by atomic mass is 9.85. The van der Waals surface area contributed by atoms with Crippen LogP contribution in [0.1, 0.15) is 90.9 Å². The van der Waals surface area contributed by atoms with Gasteiger partial charge in [-0.3, -0.25) is 24.4 Å². The number of fused-ring (bicyclic) bond motifs is 1. The number of halogens is 3. The largest absolute Gasteiger partial charge is 0.366 e. The van der Waals surface area contributed by atoms with E-state index in [4.69, 9.17) is 15.0 Å². The molecule has 7 rings (SSSR count). The quantitative estimate of drug-likeness (QED) is 0.143. The minimum absolute atomic E-state index is 0.0308. The Balaban J connectivity index is 0.969. The number of nitrogens with zero attached hydrogens (tertiary/aromatic N) is 7. The number of carbonyl (C=O) groups excluding carboxylic acids is 3. The molecule has 4 aromatic rings. The third kappa shape index (κ3) is 8.26. The second-order valence-corrected chi connectivity index (χ2v) is 17.1. The van der Waals surface area contributed by atoms with Crippen molar-refractivity contribution < 1.29 is 23.2 Å². The first-order valence-electron chi connectivity index (χ1n) is 20.2. The number of hydrogen-bond donors (Lipinski definition) is 1. The van der Waals surface area contributed by atoms with E-state index < -0.39 is 23.5 Å². The van der Waals surface area contributed by atoms with Gasteiger partial charge in [-0.15, -0.1) is 0 Å². The predicted molar refractivity (Wildman–Crippen MR) is 231 cm³/mol. The van der Waals surface area contributed by atoms with E-state index >= 15 is 8.78 Å². The van der Waals surface area contributed by atoms with Crippen LogP contribution in [0.3, 0.4) is 0 Å². The van der Waals surface area contributed by atoms with Gasteiger partial charge in [0, 0.05) is 105 Å². The fourth-order valence-corrected chi connectivity index (χ4v) is 9.65. The lowest BCUT2D eigenvalue weighted by Crippen LogP contribution is -2.51. The van der Waals surface area contributed by atoms with Crippen molar-refractivity contribution in [3.8, 4) is 0 Å². The Hall–Kier alpha value is -5.08. The van der Waals surface area contributed by atoms with Gasteiger partial charge in [-0.05, 0) is 109 Å². The Kier molecular flexibility index (Phi) is 12.6. The van der Waals surface area contributed by atoms with Crippen molar-refractivity contribution >= 4 is 63.3 Å². The molecule has 0 radical (unpaired) electrons. The zero-order valence-corrected chi connectivity index (χ0v) is 35.8. The molecule has 0 aliphatic carbocycles. The van der Waals surface area contributed by atoms with Gasteiger partial charge in [0.1, 0.15) is 23.8 Å². The number of rotatable bonds is 12. The maximum absolute atomic E-state index is 15.3. The normalized spacial score (nSPS) is 19.5. The molecule has 11 nitrogen and oxygen atoms in total. The highest BCUT2D eigenvalue weighted by Crippen LogP contribution is 2.49. The van der Waals surface area contributed by atoms with Crippen LogP contribution in [0.2, 0.25) is 0 Å². The van der Waals surface area contributed by atoms with Crippen LogP contribution in [0.4, 0.5) is 31.8 Å². The Labute approximate surface area is 353 Å². The SMILES string of the molecule is CN=C1N(c2cccc(Br)c2C=O)c2cc(N3CCN(Cc4cnc(N5CCC(c6cc(F)c(C(CCC=O)C(=O)NC)c(F)c6)CC5)nc4)CC3C)ccc2C1(C)C. The number of amidine groups is 1. The maximum atomic E-state index is 15.3. The average molecular weight is 870 g/mol. The van der Waals surface area contributed by atoms with E-state index in [1.807, 2.05) is 37.6 Å². The number of carbonyl (C=O) groups is 3. The van der Waals surface area contributed by atoms with E-state index in [0.29, 0.717) is 49.3 Å². The van der Waals surface area contributed by atoms with Gasteiger partial charge >= 0.3 is 0 Å². The van der Waals surface area contributed by atoms with Crippen molar-refractivity contribution in [2.45, 2.75) is 76.3 Å². The number of likely N-dealkylation sites (N-methyl/N-ethyl adjacent to an activating group) is 1. The van der Waals surface area contributed by atoms with Crippen LogP contribution in [0.15, 0.2) is 70.4 Å². The summed E-state index contributed by atoms with van der Waals surface area (Å²) in [5, 5.41) is 2.46. The summed E-state index contributed by atoms with van der Waals surface area (Å²) < 4.78 is 31.4. The second kappa shape index (κ2) is 17.6. The summed E-state index contributed by atoms with van der Waals surface area (Å²) in [6.45, 7) is 11.2. The maximum Gasteiger partial charge on any atom is 0.227 e. The minimum Gasteiger partial charge on any atom is -0.366 e. The second-order valence-electron chi connectivity index (χ2n) is 16.2. The minimum atomic E-state index is -1.07. The van der Waals surface area contributed by atoms with Crippen LogP contribution in [-0.4, -0.2) is 92.0 Å². The topological polar surface area (TPSA) is 114 Å². The van der Waals surface area contributed by atoms with E-state index in [9.17, 15) is 14.4 Å². The van der Waals surface area contributed by atoms with Gasteiger partial charge in [0.15, 0.2) is 6.29 Å². The van der Waals surface area contributed by atoms with Crippen LogP contribution in [-0.2, 0) is 21.5 Å². The first-order valence-corrected chi connectivity index (χ1v) is 21.0. The van der Waals surface area contributed by atoms with Crippen molar-refractivity contribution in [3.63, 3.8) is 0 Å². The highest BCUT2D eigenvalue weighted by molar-refractivity contribution is 9.10. The van der Waals surface area contributed by atoms with E-state index in [2.05, 4.69) is 79.8 Å². The van der Waals surface area contributed by atoms with Gasteiger partial charge in [-0.25, -0.2) is 18.7 Å². The number of benzene rings is 3. The van der Waals surface area contributed by atoms with Gasteiger partial charge in [-0.1, -0.05) is 12.1 Å². The number of aliphatic imine (C=N–C) groups is 1. The van der Waals surface area contributed by atoms with E-state index in [1.54, 1.807) is 0 Å². The molecule has 2 atom stereocenters. The fourth-order valence-electron chi connectivity index (χ4n) is 9.20. The van der Waals surface area contributed by atoms with Gasteiger partial charge in [-0.2, -0.15) is 0 Å². The Morgan fingerprint density at radius 3 is 2.36 bits per heavy atom. The molecular weight excluding hydrogens is 818 g/mol. The smallest absolute Gasteiger partial charge is 0.227 e. The van der Waals surface area contributed by atoms with Gasteiger partial charge in [0.25, 0.3) is 0 Å². The lowest BCUT2D eigenvalue weighted by molar-refractivity contribution is -0.122. The molecule has 0 bridgehead atoms. The number of anilines is 4. The first kappa shape index (κ1) is 42.1. The van der Waals surface area contributed by atoms with Crippen LogP contribution in [0, 0.1) is 11.6 Å². The van der Waals surface area contributed by atoms with Crippen molar-refractivity contribution in [1.82, 2.24) is 20.2 Å². The van der Waals surface area contributed by atoms with Gasteiger partial charge in [0.05, 0.1) is 22.9 Å². The summed E-state index contributed by atoms with van der Waals surface area (Å²) in [5.41, 5.74) is 5.66. The summed E-state index contributed by atoms with van der Waals surface area (Å²) in [4.78, 5) is 58.9. The van der Waals surface area contributed by atoms with Crippen LogP contribution in [0.5, 0.6) is 0 Å². The number of amides is 1. The van der Waals surface area contributed by atoms with Gasteiger partial charge in [0.2, 0.25) is 11.9 Å². The molecule has 1 amide bonds. The molecule has 3 aliphatic heterocycles. The highest BCUT2D eigenvalue weighted by Gasteiger charge is 2.43. The number of piperidine rings is 1. The lowest BCUT2D eigenvalue weighted by Gasteiger charge is -2.41. The number of aromatic nitrogens is 2. The summed E-state index contributed by atoms with van der Waals surface area (Å²) in [6.07, 6.45) is 6.74. The number of nitrogens with one attached hydrogen (secondary N) is 1. The average Bonchev–Trinajstić information content (AvgIpc) is 3.46. The zero-order valence-electron chi connectivity index (χ0n) is 34.2. The molecule has 2 saturated heterocycles. The van der Waals surface area contributed by atoms with Crippen molar-refractivity contribution in [3.05, 3.63) is 105 Å². The van der Waals surface area contributed by atoms with E-state index in [-0.39, 0.29) is 35.8 Å². The molecule has 1 N–H and O–H groups in total. The monoisotopic (exact) mass is 868 g/mol. The molecule has 0 spiro atoms. The highest BCUT2D eigenvalue weighted by atomic mass is 79.9. The molecule has 4 heterocycles. The Bertz CT molecular complexity index is 2220. The zero-order chi connectivity index (χ0) is 42.0. The summed E-state index contributed by atoms with van der Waals surface area (Å²) in [7, 11) is 3.22. The molecule has 310 valence electrons. The standard InChI is InChI=1S/C45H51BrF2N8O3/c1-28-25-53(17-18-55(28)32-11-12-35-40(22-32)56(43(50-5)45(35,2)3)39-10-6-9-36(46)34(39)27-58)26-29-23-51-44(52-24-29)54-15-13-30(14-16-54)31-20-37(47)41(38(48)21-31)33(8-7-19-57)42(59)49-4/h6,9-12,19-24,27-28,30,33H,7-8,13-18,25-26H2,1-5H3,(H,49,59). The van der Waals surface area contributed by atoms with Crippen molar-refractivity contribution in [2.75, 3.05) is 61.5 Å². The molecule has 14 heteroatoms. The van der Waals surface area contributed by atoms with Crippen LogP contribution < -0.4 is 20.0 Å². The Morgan fingerprint density at radius 1 is 1.02 bits per heavy atom. The van der Waals surface area contributed by atoms with Crippen LogP contribution >= 0.6 is 15.9 Å². The molecule has 59 heavy (non-hydrogen) atoms. The summed E-state index contributed by atoms with van der Waals surface area (Å²) in [6, 6.07) is 15.4. The summed E-state index contributed by atoms with van der Waals surface area (Å²) in [5.74, 6) is -1.64. The number of hydrogen-bond acceptors (Lipinski definition) is 9. The first-order chi connectivity index (χ1) is 28.4. The van der Waals surface area contributed by atoms with Gasteiger partial charge < -0.3 is 19.9 Å². The van der Waals surface area contributed by atoms with Crippen molar-refractivity contribution in [1.29, 1.82) is 0 Å². The van der Waals surface area contributed by atoms with E-state index in [1.165, 1.54) is 19.2 Å². The van der Waals surface area contributed by atoms with E-state index in [0.717, 1.165) is 71.0 Å². The molecule has 2 unspecified atom stereocenters. The molecule has 0 saturated carbocycles. The van der Waals surface area contributed by atoms with Crippen molar-refractivity contribution in [2.24, 2.45) is 4.99 Å². The molecule has 3 aromatic carbocycles. The third-order valence-electron chi connectivity index (χ3n) is 12.2. The molecule has 1 aromatic heterocycles. The molecule has 3 aliphatic rings. The molecule has 2 fully saturated rings. The number of piperazine rings is 1. The Morgan fingerprint density at radius 2 is 1.73 bits per heavy atom. The van der Waals surface area contributed by atoms with Crippen LogP contribution in [0.25, 0.3) is 0 Å². The molecular formula is C45H51BrF2N8O3.